The fraction of sp³-hybridized carbons (Fsp3) is 0.350. The second-order valence-electron chi connectivity index (χ2n) is 7.29. The van der Waals surface area contributed by atoms with Gasteiger partial charge in [-0.25, -0.2) is 9.97 Å². The van der Waals surface area contributed by atoms with Gasteiger partial charge in [-0.3, -0.25) is 9.69 Å². The SMILES string of the molecule is O=c1c(CN2CCc3nc(C4CC4)ncc3C2)coc2c(Br)cc(Br)cc12. The van der Waals surface area contributed by atoms with Gasteiger partial charge < -0.3 is 4.42 Å². The molecular weight excluding hydrogens is 474 g/mol. The van der Waals surface area contributed by atoms with Gasteiger partial charge >= 0.3 is 0 Å². The van der Waals surface area contributed by atoms with Gasteiger partial charge in [0.05, 0.1) is 16.1 Å². The molecule has 0 N–H and O–H groups in total. The smallest absolute Gasteiger partial charge is 0.197 e. The molecule has 0 bridgehead atoms. The van der Waals surface area contributed by atoms with E-state index in [4.69, 9.17) is 9.40 Å². The van der Waals surface area contributed by atoms with Crippen LogP contribution in [0.2, 0.25) is 0 Å². The Bertz CT molecular complexity index is 1110. The molecule has 1 fully saturated rings. The van der Waals surface area contributed by atoms with E-state index in [0.717, 1.165) is 34.3 Å². The van der Waals surface area contributed by atoms with Crippen LogP contribution in [0.1, 0.15) is 41.4 Å². The molecule has 2 aliphatic rings. The van der Waals surface area contributed by atoms with E-state index in [1.165, 1.54) is 24.1 Å². The normalized spacial score (nSPS) is 17.3. The average Bonchev–Trinajstić information content (AvgIpc) is 3.49. The molecule has 1 aliphatic heterocycles. The van der Waals surface area contributed by atoms with Crippen LogP contribution in [0.5, 0.6) is 0 Å². The van der Waals surface area contributed by atoms with Crippen molar-refractivity contribution < 1.29 is 4.42 Å². The lowest BCUT2D eigenvalue weighted by Gasteiger charge is -2.27. The molecule has 27 heavy (non-hydrogen) atoms. The third kappa shape index (κ3) is 3.37. The number of hydrogen-bond acceptors (Lipinski definition) is 5. The third-order valence-corrected chi connectivity index (χ3v) is 6.28. The van der Waals surface area contributed by atoms with Crippen molar-refractivity contribution in [3.63, 3.8) is 0 Å². The first-order chi connectivity index (χ1) is 13.1. The topological polar surface area (TPSA) is 59.2 Å². The molecule has 7 heteroatoms. The zero-order valence-electron chi connectivity index (χ0n) is 14.5. The van der Waals surface area contributed by atoms with Crippen LogP contribution >= 0.6 is 31.9 Å². The van der Waals surface area contributed by atoms with Gasteiger partial charge in [-0.05, 0) is 40.9 Å². The van der Waals surface area contributed by atoms with Gasteiger partial charge in [0.25, 0.3) is 0 Å². The van der Waals surface area contributed by atoms with Crippen LogP contribution in [0.15, 0.2) is 42.7 Å². The molecule has 0 unspecified atom stereocenters. The maximum atomic E-state index is 12.9. The number of aromatic nitrogens is 2. The lowest BCUT2D eigenvalue weighted by Crippen LogP contribution is -2.32. The third-order valence-electron chi connectivity index (χ3n) is 5.23. The van der Waals surface area contributed by atoms with Crippen LogP contribution < -0.4 is 5.43 Å². The van der Waals surface area contributed by atoms with Crippen molar-refractivity contribution in [2.45, 2.75) is 38.3 Å². The Balaban J connectivity index is 1.41. The van der Waals surface area contributed by atoms with Crippen molar-refractivity contribution in [1.82, 2.24) is 14.9 Å². The van der Waals surface area contributed by atoms with E-state index < -0.39 is 0 Å². The van der Waals surface area contributed by atoms with E-state index in [9.17, 15) is 4.79 Å². The highest BCUT2D eigenvalue weighted by Gasteiger charge is 2.28. The molecule has 138 valence electrons. The highest BCUT2D eigenvalue weighted by atomic mass is 79.9. The van der Waals surface area contributed by atoms with Gasteiger partial charge in [0.1, 0.15) is 5.82 Å². The largest absolute Gasteiger partial charge is 0.463 e. The fourth-order valence-electron chi connectivity index (χ4n) is 3.62. The van der Waals surface area contributed by atoms with Crippen molar-refractivity contribution in [2.24, 2.45) is 0 Å². The van der Waals surface area contributed by atoms with Crippen LogP contribution in [0.3, 0.4) is 0 Å². The molecule has 1 saturated carbocycles. The van der Waals surface area contributed by atoms with E-state index >= 15 is 0 Å². The first-order valence-corrected chi connectivity index (χ1v) is 10.6. The van der Waals surface area contributed by atoms with Crippen LogP contribution in [0, 0.1) is 0 Å². The van der Waals surface area contributed by atoms with Crippen molar-refractivity contribution in [1.29, 1.82) is 0 Å². The second kappa shape index (κ2) is 6.79. The highest BCUT2D eigenvalue weighted by Crippen LogP contribution is 2.38. The Morgan fingerprint density at radius 2 is 2.11 bits per heavy atom. The predicted octanol–water partition coefficient (Wildman–Crippen LogP) is 4.54. The molecule has 1 aliphatic carbocycles. The summed E-state index contributed by atoms with van der Waals surface area (Å²) in [6.07, 6.45) is 6.89. The molecule has 5 nitrogen and oxygen atoms in total. The highest BCUT2D eigenvalue weighted by molar-refractivity contribution is 9.11. The molecule has 0 saturated heterocycles. The molecule has 0 atom stereocenters. The molecule has 0 radical (unpaired) electrons. The summed E-state index contributed by atoms with van der Waals surface area (Å²) in [5, 5.41) is 0.587. The molecule has 0 amide bonds. The number of nitrogens with zero attached hydrogens (tertiary/aromatic N) is 3. The monoisotopic (exact) mass is 489 g/mol. The zero-order valence-corrected chi connectivity index (χ0v) is 17.7. The minimum absolute atomic E-state index is 0.0179. The number of rotatable bonds is 3. The van der Waals surface area contributed by atoms with Gasteiger partial charge in [0, 0.05) is 59.5 Å². The zero-order chi connectivity index (χ0) is 18.5. The van der Waals surface area contributed by atoms with Gasteiger partial charge in [-0.1, -0.05) is 15.9 Å². The average molecular weight is 491 g/mol. The van der Waals surface area contributed by atoms with E-state index in [1.54, 1.807) is 6.26 Å². The lowest BCUT2D eigenvalue weighted by atomic mass is 10.1. The molecule has 3 aromatic rings. The molecule has 2 aromatic heterocycles. The molecule has 3 heterocycles. The minimum atomic E-state index is 0.0179. The summed E-state index contributed by atoms with van der Waals surface area (Å²) in [6.45, 7) is 2.21. The summed E-state index contributed by atoms with van der Waals surface area (Å²) in [5.74, 6) is 1.59. The van der Waals surface area contributed by atoms with Crippen LogP contribution in [0.25, 0.3) is 11.0 Å². The van der Waals surface area contributed by atoms with Crippen LogP contribution in [-0.2, 0) is 19.5 Å². The maximum Gasteiger partial charge on any atom is 0.197 e. The van der Waals surface area contributed by atoms with Crippen LogP contribution in [0.4, 0.5) is 0 Å². The van der Waals surface area contributed by atoms with Crippen molar-refractivity contribution in [2.75, 3.05) is 6.54 Å². The van der Waals surface area contributed by atoms with Gasteiger partial charge in [0.15, 0.2) is 11.0 Å². The number of halogens is 2. The molecular formula is C20H17Br2N3O2. The predicted molar refractivity (Wildman–Crippen MR) is 110 cm³/mol. The number of hydrogen-bond donors (Lipinski definition) is 0. The molecule has 1 aromatic carbocycles. The number of benzene rings is 1. The fourth-order valence-corrected chi connectivity index (χ4v) is 4.94. The van der Waals surface area contributed by atoms with Crippen LogP contribution in [-0.4, -0.2) is 21.4 Å². The Kier molecular flexibility index (Phi) is 4.41. The Morgan fingerprint density at radius 3 is 2.93 bits per heavy atom. The maximum absolute atomic E-state index is 12.9. The second-order valence-corrected chi connectivity index (χ2v) is 9.06. The van der Waals surface area contributed by atoms with E-state index in [1.807, 2.05) is 18.3 Å². The summed E-state index contributed by atoms with van der Waals surface area (Å²) >= 11 is 6.90. The van der Waals surface area contributed by atoms with Gasteiger partial charge in [-0.15, -0.1) is 0 Å². The van der Waals surface area contributed by atoms with Gasteiger partial charge in [-0.2, -0.15) is 0 Å². The Morgan fingerprint density at radius 1 is 1.26 bits per heavy atom. The summed E-state index contributed by atoms with van der Waals surface area (Å²) in [4.78, 5) is 24.5. The van der Waals surface area contributed by atoms with Crippen molar-refractivity contribution in [3.05, 3.63) is 66.4 Å². The Labute approximate surface area is 173 Å². The van der Waals surface area contributed by atoms with E-state index in [-0.39, 0.29) is 5.43 Å². The summed E-state index contributed by atoms with van der Waals surface area (Å²) < 4.78 is 7.37. The first-order valence-electron chi connectivity index (χ1n) is 9.05. The molecule has 0 spiro atoms. The van der Waals surface area contributed by atoms with Crippen molar-refractivity contribution in [3.8, 4) is 0 Å². The minimum Gasteiger partial charge on any atom is -0.463 e. The van der Waals surface area contributed by atoms with E-state index in [2.05, 4.69) is 41.7 Å². The van der Waals surface area contributed by atoms with Crippen molar-refractivity contribution >= 4 is 42.8 Å². The summed E-state index contributed by atoms with van der Waals surface area (Å²) in [5.41, 5.74) is 3.61. The quantitative estimate of drug-likeness (QED) is 0.539. The standard InChI is InChI=1S/C20H17Br2N3O2/c21-14-5-15-18(26)13(10-27-19(15)16(22)6-14)9-25-4-3-17-12(8-25)7-23-20(24-17)11-1-2-11/h5-7,10-11H,1-4,8-9H2. The van der Waals surface area contributed by atoms with E-state index in [0.29, 0.717) is 29.0 Å². The lowest BCUT2D eigenvalue weighted by molar-refractivity contribution is 0.240. The first kappa shape index (κ1) is 17.5. The number of fused-ring (bicyclic) bond motifs is 2. The Hall–Kier alpha value is -1.57. The molecule has 5 rings (SSSR count). The van der Waals surface area contributed by atoms with Gasteiger partial charge in [0.2, 0.25) is 0 Å². The summed E-state index contributed by atoms with van der Waals surface area (Å²) in [7, 11) is 0. The summed E-state index contributed by atoms with van der Waals surface area (Å²) in [6, 6.07) is 3.69.